The molecule has 2 saturated carbocycles. The van der Waals surface area contributed by atoms with E-state index in [0.717, 1.165) is 11.8 Å². The van der Waals surface area contributed by atoms with Crippen LogP contribution in [0.5, 0.6) is 6.01 Å². The van der Waals surface area contributed by atoms with Crippen LogP contribution in [0.15, 0.2) is 0 Å². The Kier molecular flexibility index (Phi) is 2.91. The highest BCUT2D eigenvalue weighted by atomic mass is 16.5. The minimum Gasteiger partial charge on any atom is -0.467 e. The maximum atomic E-state index is 5.33. The Morgan fingerprint density at radius 1 is 1.11 bits per heavy atom. The highest BCUT2D eigenvalue weighted by molar-refractivity contribution is 5.36. The number of hydrogen-bond donors (Lipinski definition) is 3. The smallest absolute Gasteiger partial charge is 0.322 e. The van der Waals surface area contributed by atoms with Crippen LogP contribution < -0.4 is 21.3 Å². The Morgan fingerprint density at radius 3 is 2.22 bits per heavy atom. The molecule has 3 rings (SSSR count). The lowest BCUT2D eigenvalue weighted by molar-refractivity contribution is 0.379. The third-order valence-electron chi connectivity index (χ3n) is 3.48. The summed E-state index contributed by atoms with van der Waals surface area (Å²) in [5.41, 5.74) is 2.42. The number of methoxy groups -OCH3 is 1. The van der Waals surface area contributed by atoms with Crippen molar-refractivity contribution < 1.29 is 4.74 Å². The number of nitrogens with zero attached hydrogens (tertiary/aromatic N) is 3. The standard InChI is InChI=1S/C11H18N6O/c1-18-11-15-9(14-10(16-11)17-12)13-8(6-2-3-6)7-4-5-7/h6-8H,2-5,12H2,1H3,(H2,13,14,15,16,17). The summed E-state index contributed by atoms with van der Waals surface area (Å²) < 4.78 is 5.03. The van der Waals surface area contributed by atoms with Gasteiger partial charge in [0.15, 0.2) is 0 Å². The summed E-state index contributed by atoms with van der Waals surface area (Å²) >= 11 is 0. The number of nitrogen functional groups attached to an aromatic ring is 1. The second-order valence-corrected chi connectivity index (χ2v) is 4.96. The van der Waals surface area contributed by atoms with Gasteiger partial charge in [-0.25, -0.2) is 5.84 Å². The highest BCUT2D eigenvalue weighted by Crippen LogP contribution is 2.45. The van der Waals surface area contributed by atoms with Crippen LogP contribution in [0.3, 0.4) is 0 Å². The molecule has 0 saturated heterocycles. The Balaban J connectivity index is 1.77. The molecule has 0 atom stereocenters. The van der Waals surface area contributed by atoms with Crippen molar-refractivity contribution in [1.29, 1.82) is 0 Å². The summed E-state index contributed by atoms with van der Waals surface area (Å²) in [6.07, 6.45) is 5.22. The van der Waals surface area contributed by atoms with E-state index in [1.54, 1.807) is 0 Å². The van der Waals surface area contributed by atoms with Crippen LogP contribution in [0.2, 0.25) is 0 Å². The van der Waals surface area contributed by atoms with Gasteiger partial charge in [-0.1, -0.05) is 0 Å². The van der Waals surface area contributed by atoms with Gasteiger partial charge in [0, 0.05) is 6.04 Å². The molecule has 18 heavy (non-hydrogen) atoms. The minimum absolute atomic E-state index is 0.269. The van der Waals surface area contributed by atoms with Gasteiger partial charge in [0.1, 0.15) is 0 Å². The van der Waals surface area contributed by atoms with E-state index in [9.17, 15) is 0 Å². The van der Waals surface area contributed by atoms with Gasteiger partial charge in [-0.15, -0.1) is 0 Å². The Bertz CT molecular complexity index is 397. The lowest BCUT2D eigenvalue weighted by Gasteiger charge is -2.17. The zero-order valence-corrected chi connectivity index (χ0v) is 10.4. The van der Waals surface area contributed by atoms with Crippen LogP contribution in [0, 0.1) is 11.8 Å². The number of ether oxygens (including phenoxy) is 1. The van der Waals surface area contributed by atoms with Crippen LogP contribution in [-0.4, -0.2) is 28.1 Å². The average molecular weight is 250 g/mol. The van der Waals surface area contributed by atoms with Crippen LogP contribution in [0.1, 0.15) is 25.7 Å². The molecule has 2 fully saturated rings. The van der Waals surface area contributed by atoms with Crippen molar-refractivity contribution in [3.8, 4) is 6.01 Å². The molecule has 7 nitrogen and oxygen atoms in total. The Morgan fingerprint density at radius 2 is 1.72 bits per heavy atom. The van der Waals surface area contributed by atoms with E-state index in [1.807, 2.05) is 0 Å². The number of aromatic nitrogens is 3. The quantitative estimate of drug-likeness (QED) is 0.506. The van der Waals surface area contributed by atoms with E-state index in [0.29, 0.717) is 17.9 Å². The van der Waals surface area contributed by atoms with Gasteiger partial charge in [-0.2, -0.15) is 15.0 Å². The SMILES string of the molecule is COc1nc(NN)nc(NC(C2CC2)C2CC2)n1. The lowest BCUT2D eigenvalue weighted by Crippen LogP contribution is -2.26. The van der Waals surface area contributed by atoms with E-state index in [4.69, 9.17) is 10.6 Å². The zero-order chi connectivity index (χ0) is 12.5. The highest BCUT2D eigenvalue weighted by Gasteiger charge is 2.41. The molecule has 0 bridgehead atoms. The average Bonchev–Trinajstić information content (AvgIpc) is 3.28. The van der Waals surface area contributed by atoms with Crippen LogP contribution in [0.25, 0.3) is 0 Å². The fourth-order valence-corrected chi connectivity index (χ4v) is 2.26. The normalized spacial score (nSPS) is 18.8. The summed E-state index contributed by atoms with van der Waals surface area (Å²) in [6, 6.07) is 0.758. The first-order chi connectivity index (χ1) is 8.80. The first-order valence-electron chi connectivity index (χ1n) is 6.33. The molecular weight excluding hydrogens is 232 g/mol. The van der Waals surface area contributed by atoms with Gasteiger partial charge in [-0.3, -0.25) is 5.43 Å². The van der Waals surface area contributed by atoms with Crippen molar-refractivity contribution in [3.63, 3.8) is 0 Å². The molecular formula is C11H18N6O. The predicted octanol–water partition coefficient (Wildman–Crippen LogP) is 0.766. The number of hydrazine groups is 1. The van der Waals surface area contributed by atoms with Crippen molar-refractivity contribution in [2.24, 2.45) is 17.7 Å². The van der Waals surface area contributed by atoms with Gasteiger partial charge in [0.25, 0.3) is 0 Å². The monoisotopic (exact) mass is 250 g/mol. The molecule has 98 valence electrons. The molecule has 1 heterocycles. The molecule has 0 spiro atoms. The third-order valence-corrected chi connectivity index (χ3v) is 3.48. The number of hydrogen-bond acceptors (Lipinski definition) is 7. The molecule has 1 aromatic heterocycles. The maximum Gasteiger partial charge on any atom is 0.322 e. The van der Waals surface area contributed by atoms with E-state index in [2.05, 4.69) is 25.7 Å². The summed E-state index contributed by atoms with van der Waals surface area (Å²) in [4.78, 5) is 12.4. The minimum atomic E-state index is 0.269. The van der Waals surface area contributed by atoms with Crippen LogP contribution in [-0.2, 0) is 0 Å². The van der Waals surface area contributed by atoms with Crippen molar-refractivity contribution in [3.05, 3.63) is 0 Å². The predicted molar refractivity (Wildman–Crippen MR) is 67.0 cm³/mol. The lowest BCUT2D eigenvalue weighted by atomic mass is 10.1. The molecule has 0 radical (unpaired) electrons. The molecule has 0 amide bonds. The molecule has 2 aliphatic rings. The largest absolute Gasteiger partial charge is 0.467 e. The van der Waals surface area contributed by atoms with E-state index in [-0.39, 0.29) is 6.01 Å². The summed E-state index contributed by atoms with van der Waals surface area (Å²) in [5.74, 6) is 7.73. The maximum absolute atomic E-state index is 5.33. The first-order valence-corrected chi connectivity index (χ1v) is 6.33. The molecule has 0 unspecified atom stereocenters. The number of anilines is 2. The van der Waals surface area contributed by atoms with E-state index < -0.39 is 0 Å². The number of nitrogens with two attached hydrogens (primary N) is 1. The van der Waals surface area contributed by atoms with Gasteiger partial charge in [0.2, 0.25) is 11.9 Å². The summed E-state index contributed by atoms with van der Waals surface area (Å²) in [7, 11) is 1.53. The fourth-order valence-electron chi connectivity index (χ4n) is 2.26. The van der Waals surface area contributed by atoms with Crippen molar-refractivity contribution in [2.45, 2.75) is 31.7 Å². The van der Waals surface area contributed by atoms with Gasteiger partial charge >= 0.3 is 6.01 Å². The van der Waals surface area contributed by atoms with Gasteiger partial charge in [-0.05, 0) is 37.5 Å². The van der Waals surface area contributed by atoms with Gasteiger partial charge in [0.05, 0.1) is 7.11 Å². The Hall–Kier alpha value is -1.63. The second-order valence-electron chi connectivity index (χ2n) is 4.96. The van der Waals surface area contributed by atoms with Crippen LogP contribution in [0.4, 0.5) is 11.9 Å². The zero-order valence-electron chi connectivity index (χ0n) is 10.4. The fraction of sp³-hybridized carbons (Fsp3) is 0.727. The molecule has 7 heteroatoms. The van der Waals surface area contributed by atoms with E-state index >= 15 is 0 Å². The van der Waals surface area contributed by atoms with Crippen molar-refractivity contribution in [2.75, 3.05) is 17.9 Å². The summed E-state index contributed by atoms with van der Waals surface area (Å²) in [6.45, 7) is 0. The molecule has 0 aliphatic heterocycles. The third kappa shape index (κ3) is 2.45. The number of nitrogens with one attached hydrogen (secondary N) is 2. The molecule has 0 aromatic carbocycles. The molecule has 4 N–H and O–H groups in total. The van der Waals surface area contributed by atoms with Crippen molar-refractivity contribution in [1.82, 2.24) is 15.0 Å². The second kappa shape index (κ2) is 4.56. The topological polar surface area (TPSA) is 98.0 Å². The van der Waals surface area contributed by atoms with Crippen molar-refractivity contribution >= 4 is 11.9 Å². The van der Waals surface area contributed by atoms with Gasteiger partial charge < -0.3 is 10.1 Å². The first kappa shape index (κ1) is 11.5. The molecule has 2 aliphatic carbocycles. The van der Waals surface area contributed by atoms with Crippen LogP contribution >= 0.6 is 0 Å². The Labute approximate surface area is 106 Å². The summed E-state index contributed by atoms with van der Waals surface area (Å²) in [5, 5.41) is 3.41. The number of rotatable bonds is 6. The van der Waals surface area contributed by atoms with E-state index in [1.165, 1.54) is 32.8 Å². The molecule has 1 aromatic rings.